The highest BCUT2D eigenvalue weighted by molar-refractivity contribution is 7.80. The monoisotopic (exact) mass is 288 g/mol. The van der Waals surface area contributed by atoms with E-state index in [0.717, 1.165) is 29.2 Å². The lowest BCUT2D eigenvalue weighted by Crippen LogP contribution is -1.91. The van der Waals surface area contributed by atoms with Crippen LogP contribution in [0.3, 0.4) is 0 Å². The lowest BCUT2D eigenvalue weighted by Gasteiger charge is -2.10. The van der Waals surface area contributed by atoms with Crippen molar-refractivity contribution in [2.24, 2.45) is 0 Å². The second kappa shape index (κ2) is 8.70. The molecular weight excluding hydrogens is 264 g/mol. The van der Waals surface area contributed by atoms with E-state index in [1.54, 1.807) is 0 Å². The van der Waals surface area contributed by atoms with Crippen molar-refractivity contribution in [1.82, 2.24) is 0 Å². The smallest absolute Gasteiger partial charge is 0.127 e. The van der Waals surface area contributed by atoms with Crippen LogP contribution in [0.15, 0.2) is 47.4 Å². The molecule has 0 spiro atoms. The summed E-state index contributed by atoms with van der Waals surface area (Å²) in [5.41, 5.74) is 2.69. The van der Waals surface area contributed by atoms with E-state index in [2.05, 4.69) is 38.6 Å². The van der Waals surface area contributed by atoms with E-state index >= 15 is 0 Å². The molecule has 0 N–H and O–H groups in total. The Bertz CT molecular complexity index is 517. The molecule has 20 heavy (non-hydrogen) atoms. The predicted octanol–water partition coefficient (Wildman–Crippen LogP) is 6.05. The second-order valence-corrected chi connectivity index (χ2v) is 4.95. The van der Waals surface area contributed by atoms with Gasteiger partial charge in [0.1, 0.15) is 11.5 Å². The molecule has 2 aromatic carbocycles. The number of thiol groups is 1. The van der Waals surface area contributed by atoms with Gasteiger partial charge in [-0.15, -0.1) is 12.6 Å². The van der Waals surface area contributed by atoms with Crippen molar-refractivity contribution in [1.29, 1.82) is 0 Å². The van der Waals surface area contributed by atoms with E-state index < -0.39 is 0 Å². The molecule has 2 aromatic rings. The lowest BCUT2D eigenvalue weighted by molar-refractivity contribution is 0.481. The Kier molecular flexibility index (Phi) is 7.24. The summed E-state index contributed by atoms with van der Waals surface area (Å²) in [5, 5.41) is 0. The maximum Gasteiger partial charge on any atom is 0.127 e. The highest BCUT2D eigenvalue weighted by atomic mass is 32.1. The van der Waals surface area contributed by atoms with Crippen LogP contribution in [0.1, 0.15) is 38.3 Å². The molecule has 0 fully saturated rings. The van der Waals surface area contributed by atoms with Crippen LogP contribution in [0.5, 0.6) is 11.5 Å². The highest BCUT2D eigenvalue weighted by Crippen LogP contribution is 2.25. The van der Waals surface area contributed by atoms with Gasteiger partial charge in [0.25, 0.3) is 0 Å². The Morgan fingerprint density at radius 2 is 1.55 bits per heavy atom. The first-order valence-electron chi connectivity index (χ1n) is 7.25. The molecule has 1 nitrogen and oxygen atoms in total. The maximum atomic E-state index is 5.84. The summed E-state index contributed by atoms with van der Waals surface area (Å²) in [5.74, 6) is 1.75. The Morgan fingerprint density at radius 1 is 0.950 bits per heavy atom. The third-order valence-electron chi connectivity index (χ3n) is 2.91. The molecule has 0 unspecified atom stereocenters. The van der Waals surface area contributed by atoms with E-state index in [0.29, 0.717) is 0 Å². The number of rotatable bonds is 4. The molecule has 108 valence electrons. The first-order chi connectivity index (χ1) is 9.69. The number of hydrogen-bond donors (Lipinski definition) is 1. The molecule has 0 aliphatic rings. The average molecular weight is 288 g/mol. The van der Waals surface area contributed by atoms with Crippen LogP contribution in [-0.4, -0.2) is 0 Å². The van der Waals surface area contributed by atoms with E-state index in [9.17, 15) is 0 Å². The summed E-state index contributed by atoms with van der Waals surface area (Å²) in [7, 11) is 0. The van der Waals surface area contributed by atoms with Crippen molar-refractivity contribution in [3.8, 4) is 11.5 Å². The second-order valence-electron chi connectivity index (χ2n) is 4.43. The highest BCUT2D eigenvalue weighted by Gasteiger charge is 2.02. The van der Waals surface area contributed by atoms with Crippen LogP contribution < -0.4 is 4.74 Å². The summed E-state index contributed by atoms with van der Waals surface area (Å²) in [4.78, 5) is 0.943. The van der Waals surface area contributed by atoms with Gasteiger partial charge < -0.3 is 4.74 Å². The van der Waals surface area contributed by atoms with E-state index in [1.807, 2.05) is 44.2 Å². The Balaban J connectivity index is 0.000000956. The predicted molar refractivity (Wildman–Crippen MR) is 90.3 cm³/mol. The van der Waals surface area contributed by atoms with Gasteiger partial charge in [-0.05, 0) is 60.9 Å². The topological polar surface area (TPSA) is 9.23 Å². The first kappa shape index (κ1) is 16.6. The largest absolute Gasteiger partial charge is 0.457 e. The zero-order valence-electron chi connectivity index (χ0n) is 12.8. The number of ether oxygens (including phenoxy) is 1. The van der Waals surface area contributed by atoms with Crippen LogP contribution in [0.4, 0.5) is 0 Å². The van der Waals surface area contributed by atoms with Gasteiger partial charge in [0.05, 0.1) is 0 Å². The molecule has 2 heteroatoms. The van der Waals surface area contributed by atoms with Gasteiger partial charge in [-0.25, -0.2) is 0 Å². The van der Waals surface area contributed by atoms with Crippen LogP contribution in [-0.2, 0) is 6.42 Å². The van der Waals surface area contributed by atoms with Gasteiger partial charge in [0.15, 0.2) is 0 Å². The molecule has 0 aliphatic carbocycles. The Hall–Kier alpha value is -1.41. The van der Waals surface area contributed by atoms with Crippen molar-refractivity contribution < 1.29 is 4.74 Å². The molecule has 0 radical (unpaired) electrons. The van der Waals surface area contributed by atoms with Crippen molar-refractivity contribution >= 4 is 12.6 Å². The molecule has 0 bridgehead atoms. The fourth-order valence-electron chi connectivity index (χ4n) is 1.90. The normalized spacial score (nSPS) is 9.65. The molecule has 0 saturated carbocycles. The standard InChI is InChI=1S/C16H18OS.C2H6/c1-3-4-13-11-15(6-5-12(13)2)17-14-7-9-16(18)10-8-14;1-2/h5-11,18H,3-4H2,1-2H3;1-2H3. The zero-order valence-corrected chi connectivity index (χ0v) is 13.7. The summed E-state index contributed by atoms with van der Waals surface area (Å²) in [6, 6.07) is 14.0. The summed E-state index contributed by atoms with van der Waals surface area (Å²) in [6.45, 7) is 8.34. The van der Waals surface area contributed by atoms with Crippen molar-refractivity contribution in [3.05, 3.63) is 53.6 Å². The quantitative estimate of drug-likeness (QED) is 0.673. The zero-order chi connectivity index (χ0) is 15.0. The number of aryl methyl sites for hydroxylation is 2. The van der Waals surface area contributed by atoms with Crippen LogP contribution in [0.2, 0.25) is 0 Å². The summed E-state index contributed by atoms with van der Waals surface area (Å²) < 4.78 is 5.84. The van der Waals surface area contributed by atoms with E-state index in [4.69, 9.17) is 4.74 Å². The molecule has 0 heterocycles. The first-order valence-corrected chi connectivity index (χ1v) is 7.70. The van der Waals surface area contributed by atoms with Crippen LogP contribution >= 0.6 is 12.6 Å². The average Bonchev–Trinajstić information content (AvgIpc) is 2.47. The SMILES string of the molecule is CC.CCCc1cc(Oc2ccc(S)cc2)ccc1C. The third kappa shape index (κ3) is 4.93. The van der Waals surface area contributed by atoms with Crippen LogP contribution in [0, 0.1) is 6.92 Å². The van der Waals surface area contributed by atoms with Gasteiger partial charge in [-0.3, -0.25) is 0 Å². The summed E-state index contributed by atoms with van der Waals surface area (Å²) in [6.07, 6.45) is 2.25. The van der Waals surface area contributed by atoms with Gasteiger partial charge in [0.2, 0.25) is 0 Å². The van der Waals surface area contributed by atoms with Gasteiger partial charge in [-0.1, -0.05) is 33.3 Å². The van der Waals surface area contributed by atoms with Crippen LogP contribution in [0.25, 0.3) is 0 Å². The molecule has 0 aromatic heterocycles. The number of benzene rings is 2. The minimum atomic E-state index is 0.846. The Labute approximate surface area is 128 Å². The van der Waals surface area contributed by atoms with Gasteiger partial charge >= 0.3 is 0 Å². The fraction of sp³-hybridized carbons (Fsp3) is 0.333. The molecule has 0 saturated heterocycles. The minimum absolute atomic E-state index is 0.846. The van der Waals surface area contributed by atoms with E-state index in [1.165, 1.54) is 11.1 Å². The van der Waals surface area contributed by atoms with Gasteiger partial charge in [0, 0.05) is 4.90 Å². The molecule has 0 atom stereocenters. The molecule has 0 amide bonds. The van der Waals surface area contributed by atoms with Crippen molar-refractivity contribution in [2.75, 3.05) is 0 Å². The maximum absolute atomic E-state index is 5.84. The van der Waals surface area contributed by atoms with E-state index in [-0.39, 0.29) is 0 Å². The van der Waals surface area contributed by atoms with Gasteiger partial charge in [-0.2, -0.15) is 0 Å². The molecule has 0 aliphatic heterocycles. The fourth-order valence-corrected chi connectivity index (χ4v) is 2.05. The third-order valence-corrected chi connectivity index (χ3v) is 3.21. The minimum Gasteiger partial charge on any atom is -0.457 e. The van der Waals surface area contributed by atoms with Crippen molar-refractivity contribution in [2.45, 2.75) is 45.4 Å². The molecular formula is C18H24OS. The Morgan fingerprint density at radius 3 is 2.15 bits per heavy atom. The molecule has 2 rings (SSSR count). The lowest BCUT2D eigenvalue weighted by atomic mass is 10.0. The summed E-state index contributed by atoms with van der Waals surface area (Å²) >= 11 is 4.26. The van der Waals surface area contributed by atoms with Crippen molar-refractivity contribution in [3.63, 3.8) is 0 Å². The number of hydrogen-bond acceptors (Lipinski definition) is 2.